The summed E-state index contributed by atoms with van der Waals surface area (Å²) in [6.45, 7) is 2.65. The Morgan fingerprint density at radius 3 is 2.95 bits per heavy atom. The number of benzene rings is 1. The van der Waals surface area contributed by atoms with E-state index < -0.39 is 0 Å². The number of aromatic nitrogens is 1. The zero-order valence-electron chi connectivity index (χ0n) is 11.6. The number of amides is 2. The number of nitrogens with two attached hydrogens (primary N) is 1. The number of amidine groups is 1. The van der Waals surface area contributed by atoms with Crippen molar-refractivity contribution in [2.24, 2.45) is 10.7 Å². The van der Waals surface area contributed by atoms with Gasteiger partial charge in [-0.2, -0.15) is 4.99 Å². The Hall–Kier alpha value is -1.95. The number of urea groups is 1. The minimum Gasteiger partial charge on any atom is -0.385 e. The first kappa shape index (κ1) is 14.0. The van der Waals surface area contributed by atoms with Crippen molar-refractivity contribution in [2.45, 2.75) is 19.4 Å². The fourth-order valence-corrected chi connectivity index (χ4v) is 3.13. The molecule has 0 fully saturated rings. The maximum absolute atomic E-state index is 12.0. The van der Waals surface area contributed by atoms with Gasteiger partial charge in [0, 0.05) is 28.2 Å². The first-order valence-electron chi connectivity index (χ1n) is 6.81. The molecule has 0 radical (unpaired) electrons. The smallest absolute Gasteiger partial charge is 0.346 e. The third-order valence-electron chi connectivity index (χ3n) is 3.57. The second kappa shape index (κ2) is 5.44. The predicted octanol–water partition coefficient (Wildman–Crippen LogP) is 3.24. The molecule has 0 aliphatic carbocycles. The van der Waals surface area contributed by atoms with Crippen molar-refractivity contribution in [3.05, 3.63) is 40.5 Å². The summed E-state index contributed by atoms with van der Waals surface area (Å²) in [6.07, 6.45) is 2.60. The summed E-state index contributed by atoms with van der Waals surface area (Å²) >= 11 is 3.53. The van der Waals surface area contributed by atoms with E-state index in [9.17, 15) is 4.79 Å². The lowest BCUT2D eigenvalue weighted by molar-refractivity contribution is 0.207. The van der Waals surface area contributed by atoms with Crippen LogP contribution in [0.25, 0.3) is 10.9 Å². The van der Waals surface area contributed by atoms with E-state index in [2.05, 4.69) is 25.9 Å². The number of rotatable bonds is 3. The van der Waals surface area contributed by atoms with E-state index in [1.165, 1.54) is 0 Å². The number of fused-ring (bicyclic) bond motifs is 1. The molecule has 2 heterocycles. The van der Waals surface area contributed by atoms with Crippen LogP contribution in [0.1, 0.15) is 24.9 Å². The number of nitrogens with zero attached hydrogens (tertiary/aromatic N) is 3. The fraction of sp³-hybridized carbons (Fsp3) is 0.267. The van der Waals surface area contributed by atoms with Gasteiger partial charge in [0.05, 0.1) is 5.52 Å². The summed E-state index contributed by atoms with van der Waals surface area (Å²) < 4.78 is 0.969. The predicted molar refractivity (Wildman–Crippen MR) is 86.2 cm³/mol. The second-order valence-electron chi connectivity index (χ2n) is 4.95. The van der Waals surface area contributed by atoms with Crippen LogP contribution in [-0.4, -0.2) is 28.3 Å². The molecule has 3 rings (SSSR count). The highest BCUT2D eigenvalue weighted by Gasteiger charge is 2.35. The van der Waals surface area contributed by atoms with Crippen molar-refractivity contribution in [3.8, 4) is 0 Å². The van der Waals surface area contributed by atoms with Crippen molar-refractivity contribution in [1.29, 1.82) is 0 Å². The molecule has 6 heteroatoms. The first-order valence-corrected chi connectivity index (χ1v) is 7.60. The normalized spacial score (nSPS) is 18.4. The van der Waals surface area contributed by atoms with Gasteiger partial charge in [0.2, 0.25) is 0 Å². The lowest BCUT2D eigenvalue weighted by Crippen LogP contribution is -2.34. The average Bonchev–Trinajstić information content (AvgIpc) is 2.75. The zero-order valence-corrected chi connectivity index (χ0v) is 13.2. The van der Waals surface area contributed by atoms with Gasteiger partial charge in [-0.05, 0) is 18.6 Å². The topological polar surface area (TPSA) is 71.6 Å². The lowest BCUT2D eigenvalue weighted by atomic mass is 10.0. The van der Waals surface area contributed by atoms with Crippen LogP contribution in [0.2, 0.25) is 0 Å². The summed E-state index contributed by atoms with van der Waals surface area (Å²) in [5.41, 5.74) is 7.75. The largest absolute Gasteiger partial charge is 0.385 e. The van der Waals surface area contributed by atoms with E-state index in [1.54, 1.807) is 11.1 Å². The molecule has 1 aliphatic heterocycles. The van der Waals surface area contributed by atoms with E-state index in [0.29, 0.717) is 12.4 Å². The maximum atomic E-state index is 12.0. The van der Waals surface area contributed by atoms with Crippen LogP contribution in [0.5, 0.6) is 0 Å². The van der Waals surface area contributed by atoms with Crippen molar-refractivity contribution in [1.82, 2.24) is 9.88 Å². The Kier molecular flexibility index (Phi) is 3.63. The monoisotopic (exact) mass is 346 g/mol. The van der Waals surface area contributed by atoms with Crippen LogP contribution in [0.15, 0.2) is 39.9 Å². The number of aliphatic imine (C=N–C) groups is 1. The maximum Gasteiger partial charge on any atom is 0.346 e. The second-order valence-corrected chi connectivity index (χ2v) is 5.81. The Morgan fingerprint density at radius 1 is 1.38 bits per heavy atom. The molecule has 108 valence electrons. The third-order valence-corrected chi connectivity index (χ3v) is 4.26. The highest BCUT2D eigenvalue weighted by molar-refractivity contribution is 9.10. The molecule has 1 aliphatic rings. The quantitative estimate of drug-likeness (QED) is 0.927. The Morgan fingerprint density at radius 2 is 2.19 bits per heavy atom. The highest BCUT2D eigenvalue weighted by atomic mass is 79.9. The molecule has 2 amide bonds. The highest BCUT2D eigenvalue weighted by Crippen LogP contribution is 2.34. The van der Waals surface area contributed by atoms with Gasteiger partial charge in [0.1, 0.15) is 11.9 Å². The molecule has 0 saturated heterocycles. The minimum absolute atomic E-state index is 0.272. The van der Waals surface area contributed by atoms with Crippen LogP contribution in [-0.2, 0) is 0 Å². The van der Waals surface area contributed by atoms with Gasteiger partial charge >= 0.3 is 6.03 Å². The SMILES string of the molecule is CCCN1C(=O)N=C(N)C1c1ccc(Br)c2cccnc12. The first-order chi connectivity index (χ1) is 10.1. The molecule has 2 N–H and O–H groups in total. The van der Waals surface area contributed by atoms with Crippen LogP contribution in [0.3, 0.4) is 0 Å². The average molecular weight is 347 g/mol. The van der Waals surface area contributed by atoms with Gasteiger partial charge in [-0.25, -0.2) is 4.79 Å². The molecule has 0 spiro atoms. The number of halogens is 1. The number of carbonyl (C=O) groups excluding carboxylic acids is 1. The summed E-state index contributed by atoms with van der Waals surface area (Å²) in [5.74, 6) is 0.336. The molecule has 0 bridgehead atoms. The molecular formula is C15H15BrN4O. The molecule has 0 saturated carbocycles. The van der Waals surface area contributed by atoms with Gasteiger partial charge in [0.15, 0.2) is 0 Å². The van der Waals surface area contributed by atoms with E-state index in [0.717, 1.165) is 27.4 Å². The van der Waals surface area contributed by atoms with Crippen LogP contribution in [0, 0.1) is 0 Å². The molecular weight excluding hydrogens is 332 g/mol. The fourth-order valence-electron chi connectivity index (χ4n) is 2.68. The van der Waals surface area contributed by atoms with Gasteiger partial charge < -0.3 is 10.6 Å². The van der Waals surface area contributed by atoms with E-state index in [1.807, 2.05) is 31.2 Å². The Balaban J connectivity index is 2.18. The van der Waals surface area contributed by atoms with Crippen molar-refractivity contribution >= 4 is 38.7 Å². The minimum atomic E-state index is -0.331. The standard InChI is InChI=1S/C15H15BrN4O/c1-2-8-20-13(14(17)19-15(20)21)10-5-6-11(16)9-4-3-7-18-12(9)10/h3-7,13H,2,8H2,1H3,(H2,17,19,21). The number of pyridine rings is 1. The molecule has 1 aromatic heterocycles. The van der Waals surface area contributed by atoms with Gasteiger partial charge in [-0.3, -0.25) is 4.98 Å². The van der Waals surface area contributed by atoms with E-state index in [4.69, 9.17) is 5.73 Å². The van der Waals surface area contributed by atoms with Gasteiger partial charge in [-0.15, -0.1) is 0 Å². The summed E-state index contributed by atoms with van der Waals surface area (Å²) in [5, 5.41) is 0.999. The summed E-state index contributed by atoms with van der Waals surface area (Å²) in [7, 11) is 0. The summed E-state index contributed by atoms with van der Waals surface area (Å²) in [6, 6.07) is 7.18. The lowest BCUT2D eigenvalue weighted by Gasteiger charge is -2.24. The zero-order chi connectivity index (χ0) is 15.0. The molecule has 2 aromatic rings. The van der Waals surface area contributed by atoms with E-state index in [-0.39, 0.29) is 12.1 Å². The van der Waals surface area contributed by atoms with Gasteiger partial charge in [-0.1, -0.05) is 35.0 Å². The van der Waals surface area contributed by atoms with Crippen molar-refractivity contribution < 1.29 is 4.79 Å². The van der Waals surface area contributed by atoms with Crippen molar-refractivity contribution in [2.75, 3.05) is 6.54 Å². The van der Waals surface area contributed by atoms with Crippen LogP contribution < -0.4 is 5.73 Å². The van der Waals surface area contributed by atoms with Crippen LogP contribution >= 0.6 is 15.9 Å². The van der Waals surface area contributed by atoms with Gasteiger partial charge in [0.25, 0.3) is 0 Å². The molecule has 5 nitrogen and oxygen atoms in total. The summed E-state index contributed by atoms with van der Waals surface area (Å²) in [4.78, 5) is 22.1. The van der Waals surface area contributed by atoms with E-state index >= 15 is 0 Å². The number of hydrogen-bond acceptors (Lipinski definition) is 3. The molecule has 1 atom stereocenters. The Bertz CT molecular complexity index is 744. The Labute approximate surface area is 131 Å². The molecule has 21 heavy (non-hydrogen) atoms. The number of hydrogen-bond donors (Lipinski definition) is 1. The molecule has 1 unspecified atom stereocenters. The van der Waals surface area contributed by atoms with Crippen molar-refractivity contribution in [3.63, 3.8) is 0 Å². The van der Waals surface area contributed by atoms with Crippen LogP contribution in [0.4, 0.5) is 4.79 Å². The number of carbonyl (C=O) groups is 1. The molecule has 1 aromatic carbocycles. The third kappa shape index (κ3) is 2.29.